The van der Waals surface area contributed by atoms with Gasteiger partial charge in [0.05, 0.1) is 18.9 Å². The molecule has 3 aromatic rings. The Bertz CT molecular complexity index is 1140. The number of rotatable bonds is 4. The van der Waals surface area contributed by atoms with Gasteiger partial charge in [0, 0.05) is 11.5 Å². The lowest BCUT2D eigenvalue weighted by atomic mass is 9.59. The van der Waals surface area contributed by atoms with Gasteiger partial charge >= 0.3 is 6.98 Å². The summed E-state index contributed by atoms with van der Waals surface area (Å²) in [6.07, 6.45) is 2.26. The van der Waals surface area contributed by atoms with E-state index in [1.54, 1.807) is 0 Å². The molecule has 166 valence electrons. The third-order valence-corrected chi connectivity index (χ3v) is 7.09. The second kappa shape index (κ2) is 8.31. The first-order valence-electron chi connectivity index (χ1n) is 11.8. The molecule has 1 aromatic heterocycles. The third kappa shape index (κ3) is 3.50. The van der Waals surface area contributed by atoms with E-state index in [4.69, 9.17) is 0 Å². The highest BCUT2D eigenvalue weighted by atomic mass is 15.3. The molecule has 0 spiro atoms. The zero-order chi connectivity index (χ0) is 23.3. The Labute approximate surface area is 194 Å². The summed E-state index contributed by atoms with van der Waals surface area (Å²) in [7, 11) is 4.43. The van der Waals surface area contributed by atoms with Crippen molar-refractivity contribution in [1.82, 2.24) is 0 Å². The Hall–Kier alpha value is -2.75. The molecule has 0 unspecified atom stereocenters. The Morgan fingerprint density at radius 1 is 0.812 bits per heavy atom. The van der Waals surface area contributed by atoms with Crippen LogP contribution in [0.2, 0.25) is 0 Å². The van der Waals surface area contributed by atoms with Crippen LogP contribution in [0.1, 0.15) is 67.3 Å². The molecule has 0 saturated carbocycles. The van der Waals surface area contributed by atoms with Crippen LogP contribution >= 0.6 is 0 Å². The Morgan fingerprint density at radius 3 is 2.00 bits per heavy atom. The van der Waals surface area contributed by atoms with Gasteiger partial charge in [-0.15, -0.1) is 0 Å². The molecule has 1 aliphatic rings. The van der Waals surface area contributed by atoms with Crippen LogP contribution in [-0.4, -0.2) is 14.0 Å². The van der Waals surface area contributed by atoms with Crippen molar-refractivity contribution in [1.29, 1.82) is 0 Å². The van der Waals surface area contributed by atoms with Crippen molar-refractivity contribution in [2.24, 2.45) is 7.05 Å². The molecule has 32 heavy (non-hydrogen) atoms. The fourth-order valence-electron chi connectivity index (χ4n) is 5.25. The van der Waals surface area contributed by atoms with E-state index in [1.165, 1.54) is 50.5 Å². The van der Waals surface area contributed by atoms with Gasteiger partial charge in [0.1, 0.15) is 5.69 Å². The predicted molar refractivity (Wildman–Crippen MR) is 139 cm³/mol. The van der Waals surface area contributed by atoms with Crippen LogP contribution in [0.5, 0.6) is 0 Å². The zero-order valence-corrected chi connectivity index (χ0v) is 21.2. The summed E-state index contributed by atoms with van der Waals surface area (Å²) >= 11 is 0. The van der Waals surface area contributed by atoms with Crippen molar-refractivity contribution in [2.45, 2.75) is 60.3 Å². The van der Waals surface area contributed by atoms with E-state index in [9.17, 15) is 0 Å². The second-order valence-corrected chi connectivity index (χ2v) is 10.1. The topological polar surface area (TPSA) is 10.4 Å². The van der Waals surface area contributed by atoms with Gasteiger partial charge in [0.2, 0.25) is 0 Å². The quantitative estimate of drug-likeness (QED) is 0.393. The van der Waals surface area contributed by atoms with E-state index in [2.05, 4.69) is 125 Å². The summed E-state index contributed by atoms with van der Waals surface area (Å²) in [6.45, 7) is 16.0. The number of anilines is 3. The van der Waals surface area contributed by atoms with Crippen LogP contribution in [0.15, 0.2) is 48.7 Å². The average molecular weight is 426 g/mol. The van der Waals surface area contributed by atoms with E-state index in [0.717, 1.165) is 0 Å². The fourth-order valence-corrected chi connectivity index (χ4v) is 5.25. The minimum atomic E-state index is 0.107. The molecule has 2 aromatic carbocycles. The predicted octanol–water partition coefficient (Wildman–Crippen LogP) is 5.67. The molecule has 0 radical (unpaired) electrons. The van der Waals surface area contributed by atoms with E-state index >= 15 is 0 Å². The molecular weight excluding hydrogens is 389 g/mol. The number of hydrogen-bond acceptors (Lipinski definition) is 2. The smallest absolute Gasteiger partial charge is 0.369 e. The van der Waals surface area contributed by atoms with Gasteiger partial charge in [-0.25, -0.2) is 4.57 Å². The largest absolute Gasteiger partial charge is 0.538 e. The average Bonchev–Trinajstić information content (AvgIpc) is 3.03. The molecule has 2 heterocycles. The van der Waals surface area contributed by atoms with Gasteiger partial charge in [-0.2, -0.15) is 0 Å². The number of para-hydroxylation sites is 1. The summed E-state index contributed by atoms with van der Waals surface area (Å²) in [5.74, 6) is 2.14. The summed E-state index contributed by atoms with van der Waals surface area (Å²) in [5, 5.41) is 0. The first-order chi connectivity index (χ1) is 15.1. The first kappa shape index (κ1) is 22.4. The molecule has 1 aliphatic heterocycles. The molecule has 0 aliphatic carbocycles. The lowest BCUT2D eigenvalue weighted by Gasteiger charge is -2.28. The van der Waals surface area contributed by atoms with Crippen LogP contribution in [0.3, 0.4) is 0 Å². The molecule has 0 bridgehead atoms. The monoisotopic (exact) mass is 426 g/mol. The maximum Gasteiger partial charge on any atom is 0.538 e. The molecule has 4 heteroatoms. The Kier molecular flexibility index (Phi) is 5.83. The first-order valence-corrected chi connectivity index (χ1v) is 11.8. The van der Waals surface area contributed by atoms with Crippen molar-refractivity contribution in [2.75, 3.05) is 16.7 Å². The summed E-state index contributed by atoms with van der Waals surface area (Å²) in [5.41, 5.74) is 10.9. The standard InChI is InChI=1S/C28H37BN3/c1-18(2)23-13-11-14-24(19(3)4)27(23)29-31(9)25-15-10-12-20(5)28(25)32(29)26-16-21(6)22(7)17-30(26)8/h10-19H,1-9H3/q+1. The van der Waals surface area contributed by atoms with Gasteiger partial charge < -0.3 is 4.81 Å². The highest BCUT2D eigenvalue weighted by Gasteiger charge is 2.51. The van der Waals surface area contributed by atoms with E-state index in [0.29, 0.717) is 11.8 Å². The summed E-state index contributed by atoms with van der Waals surface area (Å²) < 4.78 is 2.29. The second-order valence-electron chi connectivity index (χ2n) is 10.1. The van der Waals surface area contributed by atoms with Gasteiger partial charge in [0.15, 0.2) is 0 Å². The van der Waals surface area contributed by atoms with E-state index in [-0.39, 0.29) is 6.98 Å². The SMILES string of the molecule is Cc1cc(N2B(c3c(C(C)C)cccc3C(C)C)N(C)c3cccc(C)c32)[n+](C)cc1C. The van der Waals surface area contributed by atoms with Gasteiger partial charge in [-0.1, -0.05) is 58.0 Å². The minimum absolute atomic E-state index is 0.107. The number of aryl methyl sites for hydroxylation is 4. The Balaban J connectivity index is 2.07. The Morgan fingerprint density at radius 2 is 1.41 bits per heavy atom. The molecule has 3 nitrogen and oxygen atoms in total. The van der Waals surface area contributed by atoms with Gasteiger partial charge in [-0.05, 0) is 73.5 Å². The zero-order valence-electron chi connectivity index (χ0n) is 21.2. The normalized spacial score (nSPS) is 13.5. The maximum absolute atomic E-state index is 2.57. The van der Waals surface area contributed by atoms with Crippen molar-refractivity contribution >= 4 is 29.6 Å². The number of aromatic nitrogens is 1. The molecule has 0 N–H and O–H groups in total. The van der Waals surface area contributed by atoms with Crippen molar-refractivity contribution in [3.8, 4) is 0 Å². The maximum atomic E-state index is 2.57. The van der Waals surface area contributed by atoms with Gasteiger partial charge in [-0.3, -0.25) is 4.81 Å². The summed E-state index contributed by atoms with van der Waals surface area (Å²) in [4.78, 5) is 5.05. The van der Waals surface area contributed by atoms with Crippen molar-refractivity contribution in [3.05, 3.63) is 76.5 Å². The molecule has 4 rings (SSSR count). The molecule has 0 atom stereocenters. The molecular formula is C28H37BN3+. The number of fused-ring (bicyclic) bond motifs is 1. The van der Waals surface area contributed by atoms with Crippen molar-refractivity contribution in [3.63, 3.8) is 0 Å². The fraction of sp³-hybridized carbons (Fsp3) is 0.393. The molecule has 0 fully saturated rings. The van der Waals surface area contributed by atoms with Crippen LogP contribution in [0.4, 0.5) is 17.2 Å². The van der Waals surface area contributed by atoms with E-state index < -0.39 is 0 Å². The third-order valence-electron chi connectivity index (χ3n) is 7.09. The van der Waals surface area contributed by atoms with Crippen molar-refractivity contribution < 1.29 is 4.57 Å². The van der Waals surface area contributed by atoms with Crippen LogP contribution in [0, 0.1) is 20.8 Å². The number of benzene rings is 2. The minimum Gasteiger partial charge on any atom is -0.369 e. The molecule has 0 amide bonds. The van der Waals surface area contributed by atoms with Crippen LogP contribution in [-0.2, 0) is 7.05 Å². The number of nitrogens with zero attached hydrogens (tertiary/aromatic N) is 3. The van der Waals surface area contributed by atoms with Crippen LogP contribution < -0.4 is 19.7 Å². The highest BCUT2D eigenvalue weighted by molar-refractivity contribution is 6.83. The van der Waals surface area contributed by atoms with Gasteiger partial charge in [0.25, 0.3) is 5.82 Å². The summed E-state index contributed by atoms with van der Waals surface area (Å²) in [6, 6.07) is 15.9. The number of hydrogen-bond donors (Lipinski definition) is 0. The van der Waals surface area contributed by atoms with Crippen LogP contribution in [0.25, 0.3) is 0 Å². The number of pyridine rings is 1. The molecule has 0 saturated heterocycles. The lowest BCUT2D eigenvalue weighted by Crippen LogP contribution is -2.58. The van der Waals surface area contributed by atoms with E-state index in [1.807, 2.05) is 0 Å². The highest BCUT2D eigenvalue weighted by Crippen LogP contribution is 2.44. The lowest BCUT2D eigenvalue weighted by molar-refractivity contribution is -0.658.